The first-order valence-electron chi connectivity index (χ1n) is 8.23. The van der Waals surface area contributed by atoms with Gasteiger partial charge in [0.05, 0.1) is 16.6 Å². The number of likely N-dealkylation sites (N-methyl/N-ethyl adjacent to an activating group) is 1. The lowest BCUT2D eigenvalue weighted by molar-refractivity contribution is 0.313. The minimum absolute atomic E-state index is 0.0343. The second-order valence-electron chi connectivity index (χ2n) is 6.24. The molecule has 1 saturated heterocycles. The molecule has 0 amide bonds. The van der Waals surface area contributed by atoms with Gasteiger partial charge < -0.3 is 9.80 Å². The molecular weight excluding hydrogens is 300 g/mol. The predicted molar refractivity (Wildman–Crippen MR) is 97.1 cm³/mol. The second-order valence-corrected chi connectivity index (χ2v) is 6.24. The maximum Gasteiger partial charge on any atom is 0.265 e. The summed E-state index contributed by atoms with van der Waals surface area (Å²) >= 11 is 0. The Morgan fingerprint density at radius 3 is 2.29 bits per heavy atom. The Kier molecular flexibility index (Phi) is 3.78. The Balaban J connectivity index is 1.66. The van der Waals surface area contributed by atoms with Crippen LogP contribution in [-0.4, -0.2) is 47.7 Å². The van der Waals surface area contributed by atoms with E-state index >= 15 is 0 Å². The normalized spacial score (nSPS) is 15.8. The number of nitrogens with zero attached hydrogens (tertiary/aromatic N) is 4. The van der Waals surface area contributed by atoms with Crippen molar-refractivity contribution in [3.63, 3.8) is 0 Å². The summed E-state index contributed by atoms with van der Waals surface area (Å²) in [6, 6.07) is 15.6. The zero-order chi connectivity index (χ0) is 16.5. The molecule has 3 aromatic rings. The number of fused-ring (bicyclic) bond motifs is 1. The minimum Gasteiger partial charge on any atom is -0.369 e. The molecule has 1 aromatic heterocycles. The van der Waals surface area contributed by atoms with Crippen LogP contribution in [0.5, 0.6) is 0 Å². The largest absolute Gasteiger partial charge is 0.369 e. The van der Waals surface area contributed by atoms with Gasteiger partial charge in [-0.15, -0.1) is 0 Å². The first-order valence-corrected chi connectivity index (χ1v) is 8.23. The maximum atomic E-state index is 12.7. The van der Waals surface area contributed by atoms with Crippen LogP contribution in [-0.2, 0) is 0 Å². The lowest BCUT2D eigenvalue weighted by Gasteiger charge is -2.34. The van der Waals surface area contributed by atoms with E-state index in [9.17, 15) is 4.79 Å². The molecule has 1 fully saturated rings. The molecule has 0 saturated carbocycles. The van der Waals surface area contributed by atoms with Gasteiger partial charge in [-0.3, -0.25) is 9.36 Å². The Morgan fingerprint density at radius 2 is 1.54 bits per heavy atom. The smallest absolute Gasteiger partial charge is 0.265 e. The summed E-state index contributed by atoms with van der Waals surface area (Å²) < 4.78 is 1.61. The van der Waals surface area contributed by atoms with Crippen molar-refractivity contribution in [2.24, 2.45) is 0 Å². The third-order valence-corrected chi connectivity index (χ3v) is 4.66. The van der Waals surface area contributed by atoms with Crippen molar-refractivity contribution in [1.82, 2.24) is 14.5 Å². The quantitative estimate of drug-likeness (QED) is 0.725. The van der Waals surface area contributed by atoms with Crippen molar-refractivity contribution in [1.29, 1.82) is 0 Å². The Labute approximate surface area is 140 Å². The van der Waals surface area contributed by atoms with E-state index in [1.165, 1.54) is 5.69 Å². The second kappa shape index (κ2) is 6.09. The molecule has 0 bridgehead atoms. The third-order valence-electron chi connectivity index (χ3n) is 4.66. The van der Waals surface area contributed by atoms with Crippen LogP contribution in [0, 0.1) is 0 Å². The SMILES string of the molecule is CN1CCN(c2ccc(-n3cnc4ccccc4c3=O)cc2)CC1. The van der Waals surface area contributed by atoms with Crippen LogP contribution in [0.3, 0.4) is 0 Å². The number of hydrogen-bond donors (Lipinski definition) is 0. The van der Waals surface area contributed by atoms with Gasteiger partial charge in [-0.2, -0.15) is 0 Å². The van der Waals surface area contributed by atoms with Crippen molar-refractivity contribution >= 4 is 16.6 Å². The number of rotatable bonds is 2. The average Bonchev–Trinajstić information content (AvgIpc) is 2.63. The number of anilines is 1. The van der Waals surface area contributed by atoms with Crippen LogP contribution in [0.15, 0.2) is 59.7 Å². The molecule has 1 aliphatic rings. The first kappa shape index (κ1) is 14.9. The van der Waals surface area contributed by atoms with E-state index in [0.29, 0.717) is 5.39 Å². The molecule has 5 heteroatoms. The summed E-state index contributed by atoms with van der Waals surface area (Å²) in [5.41, 5.74) is 2.74. The highest BCUT2D eigenvalue weighted by atomic mass is 16.1. The van der Waals surface area contributed by atoms with Crippen LogP contribution >= 0.6 is 0 Å². The van der Waals surface area contributed by atoms with E-state index in [2.05, 4.69) is 34.0 Å². The summed E-state index contributed by atoms with van der Waals surface area (Å²) in [6.07, 6.45) is 1.61. The van der Waals surface area contributed by atoms with Gasteiger partial charge in [0.1, 0.15) is 6.33 Å². The fraction of sp³-hybridized carbons (Fsp3) is 0.263. The standard InChI is InChI=1S/C19H20N4O/c1-21-10-12-22(13-11-21)15-6-8-16(9-7-15)23-14-20-18-5-3-2-4-17(18)19(23)24/h2-9,14H,10-13H2,1H3. The van der Waals surface area contributed by atoms with Crippen LogP contribution in [0.1, 0.15) is 0 Å². The Bertz CT molecular complexity index is 909. The van der Waals surface area contributed by atoms with Crippen molar-refractivity contribution in [3.8, 4) is 5.69 Å². The molecule has 122 valence electrons. The molecule has 0 aliphatic carbocycles. The first-order chi connectivity index (χ1) is 11.7. The van der Waals surface area contributed by atoms with E-state index in [1.54, 1.807) is 10.9 Å². The molecule has 4 rings (SSSR count). The predicted octanol–water partition coefficient (Wildman–Crippen LogP) is 2.14. The van der Waals surface area contributed by atoms with Gasteiger partial charge in [0.25, 0.3) is 5.56 Å². The Hall–Kier alpha value is -2.66. The molecular formula is C19H20N4O. The van der Waals surface area contributed by atoms with Crippen molar-refractivity contribution < 1.29 is 0 Å². The average molecular weight is 320 g/mol. The summed E-state index contributed by atoms with van der Waals surface area (Å²) in [7, 11) is 2.15. The van der Waals surface area contributed by atoms with E-state index in [-0.39, 0.29) is 5.56 Å². The summed E-state index contributed by atoms with van der Waals surface area (Å²) in [5, 5.41) is 0.642. The fourth-order valence-electron chi connectivity index (χ4n) is 3.14. The number of aromatic nitrogens is 2. The molecule has 2 aromatic carbocycles. The number of hydrogen-bond acceptors (Lipinski definition) is 4. The van der Waals surface area contributed by atoms with Gasteiger partial charge in [-0.25, -0.2) is 4.98 Å². The number of benzene rings is 2. The van der Waals surface area contributed by atoms with E-state index < -0.39 is 0 Å². The molecule has 0 radical (unpaired) electrons. The molecule has 1 aliphatic heterocycles. The highest BCUT2D eigenvalue weighted by Gasteiger charge is 2.14. The van der Waals surface area contributed by atoms with E-state index in [4.69, 9.17) is 0 Å². The van der Waals surface area contributed by atoms with Crippen LogP contribution in [0.25, 0.3) is 16.6 Å². The number of para-hydroxylation sites is 1. The van der Waals surface area contributed by atoms with Gasteiger partial charge in [-0.05, 0) is 43.4 Å². The molecule has 0 atom stereocenters. The monoisotopic (exact) mass is 320 g/mol. The van der Waals surface area contributed by atoms with Crippen molar-refractivity contribution in [2.45, 2.75) is 0 Å². The zero-order valence-corrected chi connectivity index (χ0v) is 13.7. The van der Waals surface area contributed by atoms with Crippen molar-refractivity contribution in [3.05, 3.63) is 65.2 Å². The highest BCUT2D eigenvalue weighted by Crippen LogP contribution is 2.18. The third kappa shape index (κ3) is 2.67. The zero-order valence-electron chi connectivity index (χ0n) is 13.7. The molecule has 0 unspecified atom stereocenters. The van der Waals surface area contributed by atoms with E-state index in [0.717, 1.165) is 37.4 Å². The fourth-order valence-corrected chi connectivity index (χ4v) is 3.14. The lowest BCUT2D eigenvalue weighted by Crippen LogP contribution is -2.44. The minimum atomic E-state index is -0.0343. The molecule has 2 heterocycles. The van der Waals surface area contributed by atoms with Gasteiger partial charge >= 0.3 is 0 Å². The molecule has 5 nitrogen and oxygen atoms in total. The lowest BCUT2D eigenvalue weighted by atomic mass is 10.2. The van der Waals surface area contributed by atoms with Gasteiger partial charge in [0, 0.05) is 31.9 Å². The summed E-state index contributed by atoms with van der Waals surface area (Å²) in [4.78, 5) is 21.8. The summed E-state index contributed by atoms with van der Waals surface area (Å²) in [6.45, 7) is 4.23. The van der Waals surface area contributed by atoms with Crippen LogP contribution < -0.4 is 10.5 Å². The van der Waals surface area contributed by atoms with Crippen molar-refractivity contribution in [2.75, 3.05) is 38.1 Å². The van der Waals surface area contributed by atoms with Gasteiger partial charge in [-0.1, -0.05) is 12.1 Å². The van der Waals surface area contributed by atoms with Crippen LogP contribution in [0.2, 0.25) is 0 Å². The highest BCUT2D eigenvalue weighted by molar-refractivity contribution is 5.77. The molecule has 24 heavy (non-hydrogen) atoms. The topological polar surface area (TPSA) is 41.4 Å². The Morgan fingerprint density at radius 1 is 0.875 bits per heavy atom. The van der Waals surface area contributed by atoms with E-state index in [1.807, 2.05) is 36.4 Å². The van der Waals surface area contributed by atoms with Gasteiger partial charge in [0.2, 0.25) is 0 Å². The molecule has 0 spiro atoms. The van der Waals surface area contributed by atoms with Gasteiger partial charge in [0.15, 0.2) is 0 Å². The summed E-state index contributed by atoms with van der Waals surface area (Å²) in [5.74, 6) is 0. The van der Waals surface area contributed by atoms with Crippen LogP contribution in [0.4, 0.5) is 5.69 Å². The maximum absolute atomic E-state index is 12.7. The number of piperazine rings is 1. The molecule has 0 N–H and O–H groups in total.